The summed E-state index contributed by atoms with van der Waals surface area (Å²) in [6.45, 7) is 4.72. The summed E-state index contributed by atoms with van der Waals surface area (Å²) in [7, 11) is 0. The Labute approximate surface area is 120 Å². The second-order valence-electron chi connectivity index (χ2n) is 5.38. The molecule has 0 saturated heterocycles. The lowest BCUT2D eigenvalue weighted by atomic mass is 9.91. The predicted octanol–water partition coefficient (Wildman–Crippen LogP) is 2.22. The van der Waals surface area contributed by atoms with E-state index in [4.69, 9.17) is 4.74 Å². The van der Waals surface area contributed by atoms with E-state index in [9.17, 15) is 9.90 Å². The van der Waals surface area contributed by atoms with Gasteiger partial charge in [0.2, 0.25) is 5.91 Å². The van der Waals surface area contributed by atoms with Crippen molar-refractivity contribution in [1.82, 2.24) is 5.32 Å². The van der Waals surface area contributed by atoms with Crippen LogP contribution in [0, 0.1) is 0 Å². The van der Waals surface area contributed by atoms with Gasteiger partial charge in [0, 0.05) is 12.1 Å². The van der Waals surface area contributed by atoms with E-state index < -0.39 is 5.60 Å². The number of amides is 1. The number of hydrogen-bond acceptors (Lipinski definition) is 3. The standard InChI is InChI=1S/C16H23NO3/c1-3-16(19,4-2)11-17-15(18)13-9-10-20-14-8-6-5-7-12(13)14/h5-8,13,19H,3-4,9-11H2,1-2H3,(H,17,18). The molecule has 110 valence electrons. The average Bonchev–Trinajstić information content (AvgIpc) is 2.51. The van der Waals surface area contributed by atoms with Crippen LogP contribution in [-0.2, 0) is 4.79 Å². The third-order valence-electron chi connectivity index (χ3n) is 4.18. The average molecular weight is 277 g/mol. The van der Waals surface area contributed by atoms with Gasteiger partial charge >= 0.3 is 0 Å². The fraction of sp³-hybridized carbons (Fsp3) is 0.562. The van der Waals surface area contributed by atoms with Crippen LogP contribution < -0.4 is 10.1 Å². The van der Waals surface area contributed by atoms with Gasteiger partial charge in [-0.05, 0) is 25.3 Å². The van der Waals surface area contributed by atoms with E-state index in [-0.39, 0.29) is 11.8 Å². The van der Waals surface area contributed by atoms with Gasteiger partial charge in [0.05, 0.1) is 18.1 Å². The minimum Gasteiger partial charge on any atom is -0.493 e. The summed E-state index contributed by atoms with van der Waals surface area (Å²) in [5, 5.41) is 13.1. The molecule has 0 radical (unpaired) electrons. The van der Waals surface area contributed by atoms with Crippen LogP contribution in [0.25, 0.3) is 0 Å². The van der Waals surface area contributed by atoms with Crippen molar-refractivity contribution in [2.24, 2.45) is 0 Å². The molecule has 20 heavy (non-hydrogen) atoms. The topological polar surface area (TPSA) is 58.6 Å². The summed E-state index contributed by atoms with van der Waals surface area (Å²) in [4.78, 5) is 12.4. The molecule has 1 aromatic rings. The van der Waals surface area contributed by atoms with E-state index in [0.29, 0.717) is 32.4 Å². The molecular weight excluding hydrogens is 254 g/mol. The molecule has 1 atom stereocenters. The molecule has 1 unspecified atom stereocenters. The molecule has 4 nitrogen and oxygen atoms in total. The number of carbonyl (C=O) groups is 1. The summed E-state index contributed by atoms with van der Waals surface area (Å²) in [6, 6.07) is 7.65. The summed E-state index contributed by atoms with van der Waals surface area (Å²) in [6.07, 6.45) is 1.95. The summed E-state index contributed by atoms with van der Waals surface area (Å²) in [5.74, 6) is 0.583. The Morgan fingerprint density at radius 2 is 2.10 bits per heavy atom. The van der Waals surface area contributed by atoms with E-state index in [0.717, 1.165) is 11.3 Å². The van der Waals surface area contributed by atoms with Crippen LogP contribution in [0.2, 0.25) is 0 Å². The van der Waals surface area contributed by atoms with Crippen molar-refractivity contribution in [3.63, 3.8) is 0 Å². The zero-order chi connectivity index (χ0) is 14.6. The maximum atomic E-state index is 12.4. The quantitative estimate of drug-likeness (QED) is 0.867. The van der Waals surface area contributed by atoms with Gasteiger partial charge in [-0.2, -0.15) is 0 Å². The number of para-hydroxylation sites is 1. The van der Waals surface area contributed by atoms with Crippen molar-refractivity contribution < 1.29 is 14.6 Å². The zero-order valence-electron chi connectivity index (χ0n) is 12.2. The minimum absolute atomic E-state index is 0.0268. The Morgan fingerprint density at radius 3 is 2.80 bits per heavy atom. The van der Waals surface area contributed by atoms with Crippen LogP contribution in [0.4, 0.5) is 0 Å². The monoisotopic (exact) mass is 277 g/mol. The largest absolute Gasteiger partial charge is 0.493 e. The summed E-state index contributed by atoms with van der Waals surface area (Å²) in [5.41, 5.74) is 0.133. The first kappa shape index (κ1) is 14.9. The molecule has 4 heteroatoms. The number of benzene rings is 1. The SMILES string of the molecule is CCC(O)(CC)CNC(=O)C1CCOc2ccccc21. The third-order valence-corrected chi connectivity index (χ3v) is 4.18. The lowest BCUT2D eigenvalue weighted by Crippen LogP contribution is -2.44. The van der Waals surface area contributed by atoms with Crippen molar-refractivity contribution in [3.8, 4) is 5.75 Å². The first-order chi connectivity index (χ1) is 9.59. The molecule has 1 amide bonds. The Morgan fingerprint density at radius 1 is 1.40 bits per heavy atom. The highest BCUT2D eigenvalue weighted by molar-refractivity contribution is 5.84. The van der Waals surface area contributed by atoms with Gasteiger partial charge in [0.15, 0.2) is 0 Å². The lowest BCUT2D eigenvalue weighted by molar-refractivity contribution is -0.124. The van der Waals surface area contributed by atoms with Crippen LogP contribution in [0.3, 0.4) is 0 Å². The summed E-state index contributed by atoms with van der Waals surface area (Å²) >= 11 is 0. The first-order valence-electron chi connectivity index (χ1n) is 7.31. The van der Waals surface area contributed by atoms with Crippen LogP contribution in [0.5, 0.6) is 5.75 Å². The van der Waals surface area contributed by atoms with Gasteiger partial charge < -0.3 is 15.2 Å². The van der Waals surface area contributed by atoms with Crippen LogP contribution in [0.1, 0.15) is 44.6 Å². The zero-order valence-corrected chi connectivity index (χ0v) is 12.2. The van der Waals surface area contributed by atoms with Crippen LogP contribution in [-0.4, -0.2) is 29.8 Å². The fourth-order valence-corrected chi connectivity index (χ4v) is 2.49. The van der Waals surface area contributed by atoms with E-state index in [1.807, 2.05) is 38.1 Å². The van der Waals surface area contributed by atoms with Gasteiger partial charge in [-0.3, -0.25) is 4.79 Å². The second kappa shape index (κ2) is 6.27. The molecule has 2 N–H and O–H groups in total. The highest BCUT2D eigenvalue weighted by Gasteiger charge is 2.29. The van der Waals surface area contributed by atoms with Gasteiger partial charge in [-0.15, -0.1) is 0 Å². The van der Waals surface area contributed by atoms with Gasteiger partial charge in [0.1, 0.15) is 5.75 Å². The minimum atomic E-state index is -0.805. The number of fused-ring (bicyclic) bond motifs is 1. The highest BCUT2D eigenvalue weighted by atomic mass is 16.5. The molecule has 0 spiro atoms. The number of hydrogen-bond donors (Lipinski definition) is 2. The highest BCUT2D eigenvalue weighted by Crippen LogP contribution is 2.33. The van der Waals surface area contributed by atoms with Gasteiger partial charge in [-0.25, -0.2) is 0 Å². The second-order valence-corrected chi connectivity index (χ2v) is 5.38. The Kier molecular flexibility index (Phi) is 4.65. The van der Waals surface area contributed by atoms with E-state index in [2.05, 4.69) is 5.32 Å². The maximum Gasteiger partial charge on any atom is 0.227 e. The fourth-order valence-electron chi connectivity index (χ4n) is 2.49. The van der Waals surface area contributed by atoms with Crippen LogP contribution in [0.15, 0.2) is 24.3 Å². The van der Waals surface area contributed by atoms with E-state index in [1.54, 1.807) is 0 Å². The Hall–Kier alpha value is -1.55. The third kappa shape index (κ3) is 3.12. The Balaban J connectivity index is 2.04. The molecule has 1 aliphatic rings. The number of rotatable bonds is 5. The van der Waals surface area contributed by atoms with Crippen molar-refractivity contribution >= 4 is 5.91 Å². The van der Waals surface area contributed by atoms with E-state index >= 15 is 0 Å². The molecule has 1 aliphatic heterocycles. The lowest BCUT2D eigenvalue weighted by Gasteiger charge is -2.29. The molecule has 0 aromatic heterocycles. The smallest absolute Gasteiger partial charge is 0.227 e. The molecule has 0 bridgehead atoms. The molecule has 0 fully saturated rings. The molecule has 0 saturated carbocycles. The molecule has 1 heterocycles. The van der Waals surface area contributed by atoms with Crippen molar-refractivity contribution in [1.29, 1.82) is 0 Å². The van der Waals surface area contributed by atoms with E-state index in [1.165, 1.54) is 0 Å². The normalized spacial score (nSPS) is 18.1. The molecular formula is C16H23NO3. The van der Waals surface area contributed by atoms with Crippen molar-refractivity contribution in [3.05, 3.63) is 29.8 Å². The van der Waals surface area contributed by atoms with Crippen molar-refractivity contribution in [2.45, 2.75) is 44.6 Å². The molecule has 2 rings (SSSR count). The van der Waals surface area contributed by atoms with Crippen LogP contribution >= 0.6 is 0 Å². The number of aliphatic hydroxyl groups is 1. The molecule has 0 aliphatic carbocycles. The van der Waals surface area contributed by atoms with Gasteiger partial charge in [0.25, 0.3) is 0 Å². The van der Waals surface area contributed by atoms with Gasteiger partial charge in [-0.1, -0.05) is 32.0 Å². The molecule has 1 aromatic carbocycles. The number of carbonyl (C=O) groups excluding carboxylic acids is 1. The predicted molar refractivity (Wildman–Crippen MR) is 77.8 cm³/mol. The maximum absolute atomic E-state index is 12.4. The number of nitrogens with one attached hydrogen (secondary N) is 1. The summed E-state index contributed by atoms with van der Waals surface area (Å²) < 4.78 is 5.56. The Bertz CT molecular complexity index is 469. The van der Waals surface area contributed by atoms with Crippen molar-refractivity contribution in [2.75, 3.05) is 13.2 Å². The first-order valence-corrected chi connectivity index (χ1v) is 7.31. The number of ether oxygens (including phenoxy) is 1.